The molecule has 2 rings (SSSR count). The molecule has 1 heterocycles. The standard InChI is InChI=1S/C17H26N2O2/c1-4-21-16-8-6-15(7-9-16)17(20)14(2)19-11-5-10-18(3)12-13-19/h6-9,14H,4-5,10-13H2,1-3H3/t14-/m1/s1. The second-order valence-corrected chi connectivity index (χ2v) is 5.69. The van der Waals surface area contributed by atoms with Crippen LogP contribution in [0.15, 0.2) is 24.3 Å². The van der Waals surface area contributed by atoms with E-state index in [1.807, 2.05) is 38.1 Å². The highest BCUT2D eigenvalue weighted by Gasteiger charge is 2.24. The first-order chi connectivity index (χ1) is 10.1. The quantitative estimate of drug-likeness (QED) is 0.779. The van der Waals surface area contributed by atoms with Gasteiger partial charge in [0.1, 0.15) is 5.75 Å². The number of carbonyl (C=O) groups is 1. The molecule has 4 heteroatoms. The average molecular weight is 290 g/mol. The van der Waals surface area contributed by atoms with Gasteiger partial charge in [0.05, 0.1) is 12.6 Å². The number of benzene rings is 1. The van der Waals surface area contributed by atoms with Gasteiger partial charge in [0.2, 0.25) is 0 Å². The highest BCUT2D eigenvalue weighted by Crippen LogP contribution is 2.16. The van der Waals surface area contributed by atoms with Crippen molar-refractivity contribution in [1.82, 2.24) is 9.80 Å². The normalized spacial score (nSPS) is 19.0. The molecule has 0 unspecified atom stereocenters. The Morgan fingerprint density at radius 3 is 2.57 bits per heavy atom. The molecule has 1 aromatic carbocycles. The van der Waals surface area contributed by atoms with E-state index in [4.69, 9.17) is 4.74 Å². The molecule has 4 nitrogen and oxygen atoms in total. The number of hydrogen-bond donors (Lipinski definition) is 0. The van der Waals surface area contributed by atoms with E-state index in [-0.39, 0.29) is 11.8 Å². The summed E-state index contributed by atoms with van der Waals surface area (Å²) in [5.41, 5.74) is 0.767. The molecule has 0 N–H and O–H groups in total. The Hall–Kier alpha value is -1.39. The van der Waals surface area contributed by atoms with Crippen molar-refractivity contribution in [2.24, 2.45) is 0 Å². The van der Waals surface area contributed by atoms with Crippen LogP contribution >= 0.6 is 0 Å². The molecule has 0 amide bonds. The average Bonchev–Trinajstić information content (AvgIpc) is 2.72. The third-order valence-electron chi connectivity index (χ3n) is 4.13. The van der Waals surface area contributed by atoms with Crippen molar-refractivity contribution in [3.8, 4) is 5.75 Å². The Kier molecular flexibility index (Phi) is 5.76. The lowest BCUT2D eigenvalue weighted by Crippen LogP contribution is -2.41. The van der Waals surface area contributed by atoms with Gasteiger partial charge in [-0.3, -0.25) is 9.69 Å². The minimum absolute atomic E-state index is 0.0607. The van der Waals surface area contributed by atoms with Crippen LogP contribution in [0, 0.1) is 0 Å². The fourth-order valence-corrected chi connectivity index (χ4v) is 2.74. The molecule has 0 radical (unpaired) electrons. The molecule has 1 saturated heterocycles. The van der Waals surface area contributed by atoms with Crippen molar-refractivity contribution in [2.45, 2.75) is 26.3 Å². The maximum atomic E-state index is 12.6. The molecule has 1 fully saturated rings. The number of ether oxygens (including phenoxy) is 1. The van der Waals surface area contributed by atoms with Gasteiger partial charge in [-0.2, -0.15) is 0 Å². The first kappa shape index (κ1) is 16.0. The topological polar surface area (TPSA) is 32.8 Å². The van der Waals surface area contributed by atoms with E-state index < -0.39 is 0 Å². The number of carbonyl (C=O) groups excluding carboxylic acids is 1. The summed E-state index contributed by atoms with van der Waals surface area (Å²) in [7, 11) is 2.14. The molecule has 1 atom stereocenters. The number of rotatable bonds is 5. The Balaban J connectivity index is 2.00. The van der Waals surface area contributed by atoms with Gasteiger partial charge < -0.3 is 9.64 Å². The summed E-state index contributed by atoms with van der Waals surface area (Å²) in [5.74, 6) is 1.01. The predicted molar refractivity (Wildman–Crippen MR) is 85.1 cm³/mol. The van der Waals surface area contributed by atoms with E-state index in [2.05, 4.69) is 16.8 Å². The zero-order valence-corrected chi connectivity index (χ0v) is 13.3. The monoisotopic (exact) mass is 290 g/mol. The van der Waals surface area contributed by atoms with Crippen molar-refractivity contribution in [3.05, 3.63) is 29.8 Å². The summed E-state index contributed by atoms with van der Waals surface area (Å²) in [4.78, 5) is 17.2. The minimum Gasteiger partial charge on any atom is -0.494 e. The number of likely N-dealkylation sites (N-methyl/N-ethyl adjacent to an activating group) is 1. The fourth-order valence-electron chi connectivity index (χ4n) is 2.74. The van der Waals surface area contributed by atoms with Gasteiger partial charge in [0.25, 0.3) is 0 Å². The van der Waals surface area contributed by atoms with Crippen LogP contribution in [0.5, 0.6) is 5.75 Å². The van der Waals surface area contributed by atoms with Crippen LogP contribution < -0.4 is 4.74 Å². The summed E-state index contributed by atoms with van der Waals surface area (Å²) >= 11 is 0. The molecule has 0 spiro atoms. The van der Waals surface area contributed by atoms with Crippen LogP contribution in [-0.2, 0) is 0 Å². The second-order valence-electron chi connectivity index (χ2n) is 5.69. The maximum absolute atomic E-state index is 12.6. The first-order valence-electron chi connectivity index (χ1n) is 7.81. The maximum Gasteiger partial charge on any atom is 0.179 e. The summed E-state index contributed by atoms with van der Waals surface area (Å²) in [6.45, 7) is 8.71. The van der Waals surface area contributed by atoms with Crippen LogP contribution in [0.2, 0.25) is 0 Å². The van der Waals surface area contributed by atoms with Gasteiger partial charge in [-0.1, -0.05) is 0 Å². The molecule has 1 aliphatic rings. The molecule has 0 aromatic heterocycles. The zero-order chi connectivity index (χ0) is 15.2. The van der Waals surface area contributed by atoms with E-state index in [0.717, 1.165) is 43.9 Å². The van der Waals surface area contributed by atoms with Crippen molar-refractivity contribution in [1.29, 1.82) is 0 Å². The predicted octanol–water partition coefficient (Wildman–Crippen LogP) is 2.29. The lowest BCUT2D eigenvalue weighted by atomic mass is 10.0. The van der Waals surface area contributed by atoms with Crippen LogP contribution in [0.3, 0.4) is 0 Å². The Labute approximate surface area is 127 Å². The van der Waals surface area contributed by atoms with Crippen molar-refractivity contribution >= 4 is 5.78 Å². The number of Topliss-reactive ketones (excluding diaryl/α,β-unsaturated/α-hetero) is 1. The second kappa shape index (κ2) is 7.57. The van der Waals surface area contributed by atoms with Gasteiger partial charge in [-0.25, -0.2) is 0 Å². The third-order valence-corrected chi connectivity index (χ3v) is 4.13. The first-order valence-corrected chi connectivity index (χ1v) is 7.81. The molecule has 0 bridgehead atoms. The molecule has 21 heavy (non-hydrogen) atoms. The number of nitrogens with zero attached hydrogens (tertiary/aromatic N) is 2. The Bertz CT molecular complexity index is 458. The lowest BCUT2D eigenvalue weighted by molar-refractivity contribution is 0.0843. The smallest absolute Gasteiger partial charge is 0.179 e. The van der Waals surface area contributed by atoms with Gasteiger partial charge in [-0.15, -0.1) is 0 Å². The van der Waals surface area contributed by atoms with Crippen LogP contribution in [0.25, 0.3) is 0 Å². The van der Waals surface area contributed by atoms with E-state index in [9.17, 15) is 4.79 Å². The van der Waals surface area contributed by atoms with Gasteiger partial charge >= 0.3 is 0 Å². The molecular weight excluding hydrogens is 264 g/mol. The van der Waals surface area contributed by atoms with Crippen molar-refractivity contribution in [2.75, 3.05) is 39.8 Å². The molecule has 1 aromatic rings. The molecule has 116 valence electrons. The van der Waals surface area contributed by atoms with E-state index >= 15 is 0 Å². The lowest BCUT2D eigenvalue weighted by Gasteiger charge is -2.26. The molecule has 1 aliphatic heterocycles. The highest BCUT2D eigenvalue weighted by atomic mass is 16.5. The molecular formula is C17H26N2O2. The zero-order valence-electron chi connectivity index (χ0n) is 13.3. The largest absolute Gasteiger partial charge is 0.494 e. The number of ketones is 1. The minimum atomic E-state index is -0.0607. The van der Waals surface area contributed by atoms with E-state index in [0.29, 0.717) is 6.61 Å². The number of hydrogen-bond acceptors (Lipinski definition) is 4. The Morgan fingerprint density at radius 2 is 1.90 bits per heavy atom. The van der Waals surface area contributed by atoms with Crippen LogP contribution in [0.1, 0.15) is 30.6 Å². The van der Waals surface area contributed by atoms with Crippen LogP contribution in [-0.4, -0.2) is 61.5 Å². The molecule has 0 saturated carbocycles. The van der Waals surface area contributed by atoms with E-state index in [1.165, 1.54) is 0 Å². The van der Waals surface area contributed by atoms with Gasteiger partial charge in [0, 0.05) is 25.2 Å². The molecule has 0 aliphatic carbocycles. The third kappa shape index (κ3) is 4.29. The highest BCUT2D eigenvalue weighted by molar-refractivity contribution is 5.99. The summed E-state index contributed by atoms with van der Waals surface area (Å²) in [6.07, 6.45) is 1.12. The van der Waals surface area contributed by atoms with Gasteiger partial charge in [0.15, 0.2) is 5.78 Å². The van der Waals surface area contributed by atoms with Crippen LogP contribution in [0.4, 0.5) is 0 Å². The summed E-state index contributed by atoms with van der Waals surface area (Å²) in [5, 5.41) is 0. The van der Waals surface area contributed by atoms with Crippen molar-refractivity contribution in [3.63, 3.8) is 0 Å². The summed E-state index contributed by atoms with van der Waals surface area (Å²) in [6, 6.07) is 7.43. The Morgan fingerprint density at radius 1 is 1.19 bits per heavy atom. The fraction of sp³-hybridized carbons (Fsp3) is 0.588. The SMILES string of the molecule is CCOc1ccc(C(=O)[C@@H](C)N2CCCN(C)CC2)cc1. The van der Waals surface area contributed by atoms with E-state index in [1.54, 1.807) is 0 Å². The summed E-state index contributed by atoms with van der Waals surface area (Å²) < 4.78 is 5.42. The van der Waals surface area contributed by atoms with Crippen molar-refractivity contribution < 1.29 is 9.53 Å². The van der Waals surface area contributed by atoms with Gasteiger partial charge in [-0.05, 0) is 58.1 Å².